The Kier molecular flexibility index (Phi) is 40.3. The van der Waals surface area contributed by atoms with E-state index in [1.165, 1.54) is 48.8 Å². The Morgan fingerprint density at radius 2 is 0.737 bits per heavy atom. The van der Waals surface area contributed by atoms with Gasteiger partial charge >= 0.3 is 30.1 Å². The molecule has 5 amide bonds. The van der Waals surface area contributed by atoms with E-state index in [4.69, 9.17) is 163 Å². The lowest BCUT2D eigenvalue weighted by Gasteiger charge is -2.22. The third-order valence-electron chi connectivity index (χ3n) is 16.9. The summed E-state index contributed by atoms with van der Waals surface area (Å²) in [6.45, 7) is 0.581. The van der Waals surface area contributed by atoms with Gasteiger partial charge in [-0.15, -0.1) is 0 Å². The molecule has 3 heterocycles. The molecule has 3 aromatic heterocycles. The monoisotopic (exact) mass is 1840 g/mol. The zero-order chi connectivity index (χ0) is 85.7. The first-order valence-corrected chi connectivity index (χ1v) is 40.7. The maximum atomic E-state index is 12.8. The van der Waals surface area contributed by atoms with Gasteiger partial charge in [0.15, 0.2) is 0 Å². The van der Waals surface area contributed by atoms with Gasteiger partial charge in [-0.1, -0.05) is 248 Å². The molecule has 9 aromatic rings. The van der Waals surface area contributed by atoms with E-state index in [9.17, 15) is 38.4 Å². The Labute approximate surface area is 743 Å². The Morgan fingerprint density at radius 3 is 1.08 bits per heavy atom. The normalized spacial score (nSPS) is 11.6. The van der Waals surface area contributed by atoms with Gasteiger partial charge in [-0.3, -0.25) is 24.2 Å². The van der Waals surface area contributed by atoms with Crippen LogP contribution in [0.5, 0.6) is 0 Å². The van der Waals surface area contributed by atoms with Gasteiger partial charge in [0.1, 0.15) is 48.8 Å². The van der Waals surface area contributed by atoms with E-state index in [1.807, 2.05) is 66.7 Å². The number of nitrogens with zero attached hydrogens (tertiary/aromatic N) is 5. The summed E-state index contributed by atoms with van der Waals surface area (Å²) in [7, 11) is 3.77. The summed E-state index contributed by atoms with van der Waals surface area (Å²) in [6, 6.07) is 50.3. The zero-order valence-corrected chi connectivity index (χ0v) is 72.5. The van der Waals surface area contributed by atoms with E-state index in [-0.39, 0.29) is 79.2 Å². The van der Waals surface area contributed by atoms with Crippen LogP contribution in [0.25, 0.3) is 0 Å². The molecule has 0 saturated heterocycles. The average molecular weight is 1850 g/mol. The number of pyridine rings is 3. The van der Waals surface area contributed by atoms with Crippen molar-refractivity contribution in [1.29, 1.82) is 0 Å². The molecule has 9 rings (SSSR count). The van der Waals surface area contributed by atoms with Crippen LogP contribution in [-0.4, -0.2) is 143 Å². The van der Waals surface area contributed by atoms with E-state index in [1.54, 1.807) is 122 Å². The topological polar surface area (TPSA) is 276 Å². The molecule has 0 bridgehead atoms. The first-order valence-electron chi connectivity index (χ1n) is 36.1. The van der Waals surface area contributed by atoms with Crippen molar-refractivity contribution in [2.24, 2.45) is 0 Å². The third kappa shape index (κ3) is 32.9. The maximum absolute atomic E-state index is 12.8. The van der Waals surface area contributed by atoms with Crippen LogP contribution >= 0.6 is 139 Å². The van der Waals surface area contributed by atoms with Gasteiger partial charge in [0.05, 0.1) is 68.2 Å². The molecule has 118 heavy (non-hydrogen) atoms. The molecule has 0 spiro atoms. The number of aryl methyl sites for hydroxylation is 2. The molecule has 3 atom stereocenters. The summed E-state index contributed by atoms with van der Waals surface area (Å²) in [6.07, 6.45) is 9.62. The summed E-state index contributed by atoms with van der Waals surface area (Å²) in [5.74, 6) is 4.25. The second kappa shape index (κ2) is 49.5. The number of hydrogen-bond donors (Lipinski definition) is 4. The van der Waals surface area contributed by atoms with E-state index in [0.29, 0.717) is 36.6 Å². The Morgan fingerprint density at radius 1 is 0.398 bits per heavy atom. The molecule has 622 valence electrons. The van der Waals surface area contributed by atoms with Crippen LogP contribution in [0.2, 0.25) is 30.1 Å². The number of amides is 5. The van der Waals surface area contributed by atoms with Crippen LogP contribution in [0.1, 0.15) is 96.6 Å². The fourth-order valence-electron chi connectivity index (χ4n) is 11.1. The molecule has 0 aliphatic rings. The number of methoxy groups -OCH3 is 3. The smallest absolute Gasteiger partial charge is 0.415 e. The van der Waals surface area contributed by atoms with Gasteiger partial charge in [-0.05, 0) is 151 Å². The minimum Gasteiger partial charge on any atom is -0.467 e. The number of alkyl halides is 6. The van der Waals surface area contributed by atoms with Crippen LogP contribution in [0.4, 0.5) is 27.0 Å². The summed E-state index contributed by atoms with van der Waals surface area (Å²) in [5, 5.41) is 12.4. The quantitative estimate of drug-likeness (QED) is 0.0100. The Hall–Kier alpha value is -9.03. The molecule has 4 N–H and O–H groups in total. The lowest BCUT2D eigenvalue weighted by Crippen LogP contribution is -2.43. The highest BCUT2D eigenvalue weighted by molar-refractivity contribution is 6.68. The van der Waals surface area contributed by atoms with Gasteiger partial charge < -0.3 is 45.0 Å². The van der Waals surface area contributed by atoms with Crippen LogP contribution in [-0.2, 0) is 70.2 Å². The van der Waals surface area contributed by atoms with E-state index in [0.717, 1.165) is 66.7 Å². The van der Waals surface area contributed by atoms with Crippen molar-refractivity contribution in [1.82, 2.24) is 30.9 Å². The average Bonchev–Trinajstić information content (AvgIpc) is 0.832. The maximum Gasteiger partial charge on any atom is 0.415 e. The van der Waals surface area contributed by atoms with Crippen molar-refractivity contribution in [3.8, 4) is 11.8 Å². The molecule has 22 nitrogen and oxygen atoms in total. The number of carbonyl (C=O) groups is 8. The van der Waals surface area contributed by atoms with Crippen molar-refractivity contribution >= 4 is 204 Å². The predicted octanol–water partition coefficient (Wildman–Crippen LogP) is 19.2. The van der Waals surface area contributed by atoms with E-state index >= 15 is 0 Å². The van der Waals surface area contributed by atoms with Crippen LogP contribution in [0.15, 0.2) is 201 Å². The number of unbranched alkanes of at least 4 members (excludes halogenated alkanes) is 2. The highest BCUT2D eigenvalue weighted by Gasteiger charge is 2.31. The number of benzene rings is 6. The minimum atomic E-state index is -1.75. The van der Waals surface area contributed by atoms with Gasteiger partial charge in [-0.25, -0.2) is 38.9 Å². The number of hydrogen-bond acceptors (Lipinski definition) is 17. The molecular weight excluding hydrogens is 1770 g/mol. The summed E-state index contributed by atoms with van der Waals surface area (Å²) in [4.78, 5) is 116. The zero-order valence-electron chi connectivity index (χ0n) is 63.5. The number of esters is 3. The van der Waals surface area contributed by atoms with Crippen molar-refractivity contribution in [2.45, 2.75) is 89.9 Å². The highest BCUT2D eigenvalue weighted by atomic mass is 35.6. The Bertz CT molecular complexity index is 4800. The van der Waals surface area contributed by atoms with Crippen molar-refractivity contribution in [3.05, 3.63) is 281 Å². The molecule has 0 unspecified atom stereocenters. The molecule has 0 radical (unpaired) electrons. The van der Waals surface area contributed by atoms with Gasteiger partial charge in [0, 0.05) is 69.5 Å². The summed E-state index contributed by atoms with van der Waals surface area (Å²) < 4.78 is 21.4. The molecule has 0 aliphatic carbocycles. The minimum absolute atomic E-state index is 0.0699. The first kappa shape index (κ1) is 96.1. The molecule has 34 heteroatoms. The molecule has 6 aromatic carbocycles. The van der Waals surface area contributed by atoms with Crippen molar-refractivity contribution < 1.29 is 62.0 Å². The van der Waals surface area contributed by atoms with Crippen molar-refractivity contribution in [2.75, 3.05) is 69.3 Å². The summed E-state index contributed by atoms with van der Waals surface area (Å²) in [5.41, 5.74) is 5.73. The largest absolute Gasteiger partial charge is 0.467 e. The Balaban J connectivity index is 0.000000246. The fourth-order valence-corrected chi connectivity index (χ4v) is 13.1. The number of anilines is 3. The van der Waals surface area contributed by atoms with Crippen LogP contribution in [0.3, 0.4) is 0 Å². The number of halogens is 12. The SMILES string of the molecule is COC(=O)[C@H](Cc1ccc(C#CCCN(C(=O)OCC(Cl)(Cl)Cl)c2ccccn2)cc1)NC(=O)c1c(Cl)cccc1Cl.COC(=O)[C@H](Cc1ccc(CCCCN(C(=O)OCC(Cl)(Cl)Cl)c2ccccn2)cc1)NC(=O)c1c(Cl)cccc1Cl.COC(=O)[C@H](Cc1ccc(CCCCNc2ccccn2)cc1)NC(=O)c1c(Cl)cccc1Cl. The second-order valence-electron chi connectivity index (χ2n) is 25.5. The standard InChI is InChI=1S/C29H28Cl5N3O5.C29H24Cl5N3O5.C26H27Cl2N3O3/c2*1-41-27(39)23(36-26(38)25-21(30)8-6-9-22(25)31)17-20-13-11-19(12-14-20)7-3-5-16-37(24-10-2-4-15-35-24)28(40)42-18-29(32,33)34;1-34-26(33)22(31-25(32)24-20(27)8-6-9-21(24)28)17-19-13-11-18(12-14-19)7-2-4-15-29-23-10-3-5-16-30-23/h2,4,6,8-15,23H,3,5,7,16-18H2,1H3,(H,36,38);2,4,6,8-15,23H,5,16-18H2,1H3,(H,36,38);3,5-6,8-14,16,22H,2,4,7,15,17H2,1H3,(H,29,30)(H,31,32)/t2*23-;22-/m000/s1. The fraction of sp³-hybridized carbons (Fsp3) is 0.274. The first-order chi connectivity index (χ1) is 56.4. The third-order valence-corrected chi connectivity index (χ3v) is 19.5. The van der Waals surface area contributed by atoms with Gasteiger partial charge in [0.25, 0.3) is 17.7 Å². The number of rotatable bonds is 32. The lowest BCUT2D eigenvalue weighted by molar-refractivity contribution is -0.143. The molecule has 0 aliphatic heterocycles. The summed E-state index contributed by atoms with van der Waals surface area (Å²) >= 11 is 71.0. The highest BCUT2D eigenvalue weighted by Crippen LogP contribution is 2.31. The molecular formula is C84H79Cl12N9O13. The number of aromatic nitrogens is 3. The second-order valence-corrected chi connectivity index (χ2v) is 33.0. The molecule has 0 fully saturated rings. The van der Waals surface area contributed by atoms with Gasteiger partial charge in [0.2, 0.25) is 7.59 Å². The number of carbonyl (C=O) groups excluding carboxylic acids is 8. The lowest BCUT2D eigenvalue weighted by atomic mass is 10.0. The van der Waals surface area contributed by atoms with E-state index in [2.05, 4.69) is 48.1 Å². The number of ether oxygens (including phenoxy) is 5. The van der Waals surface area contributed by atoms with Gasteiger partial charge in [-0.2, -0.15) is 0 Å². The predicted molar refractivity (Wildman–Crippen MR) is 466 cm³/mol. The van der Waals surface area contributed by atoms with E-state index < -0.39 is 80.1 Å². The molecule has 0 saturated carbocycles. The number of nitrogens with one attached hydrogen (secondary N) is 4. The van der Waals surface area contributed by atoms with Crippen LogP contribution in [0, 0.1) is 11.8 Å². The van der Waals surface area contributed by atoms with Crippen molar-refractivity contribution in [3.63, 3.8) is 0 Å². The van der Waals surface area contributed by atoms with Crippen LogP contribution < -0.4 is 31.1 Å².